The predicted octanol–water partition coefficient (Wildman–Crippen LogP) is 6.00. The molecule has 0 aromatic carbocycles. The summed E-state index contributed by atoms with van der Waals surface area (Å²) in [6.07, 6.45) is 4.56. The van der Waals surface area contributed by atoms with Gasteiger partial charge in [0.05, 0.1) is 5.52 Å². The molecule has 11 nitrogen and oxygen atoms in total. The summed E-state index contributed by atoms with van der Waals surface area (Å²) in [6, 6.07) is 7.93. The summed E-state index contributed by atoms with van der Waals surface area (Å²) < 4.78 is 12.4. The molecule has 2 N–H and O–H groups in total. The summed E-state index contributed by atoms with van der Waals surface area (Å²) in [7, 11) is 0. The van der Waals surface area contributed by atoms with Crippen molar-refractivity contribution in [2.75, 3.05) is 10.6 Å². The molecule has 0 saturated carbocycles. The zero-order chi connectivity index (χ0) is 28.8. The van der Waals surface area contributed by atoms with Gasteiger partial charge in [-0.3, -0.25) is 4.98 Å². The summed E-state index contributed by atoms with van der Waals surface area (Å²) in [5.41, 5.74) is 0.273. The Bertz CT molecular complexity index is 1410. The number of aromatic nitrogens is 4. The molecule has 2 aliphatic heterocycles. The number of hydrogen-bond acceptors (Lipinski definition) is 9. The number of ether oxygens (including phenoxy) is 2. The third kappa shape index (κ3) is 6.13. The molecule has 214 valence electrons. The van der Waals surface area contributed by atoms with Crippen molar-refractivity contribution in [2.24, 2.45) is 0 Å². The first kappa shape index (κ1) is 27.7. The highest BCUT2D eigenvalue weighted by Crippen LogP contribution is 2.38. The van der Waals surface area contributed by atoms with Crippen LogP contribution in [0.1, 0.15) is 72.9 Å². The number of nitrogens with one attached hydrogen (secondary N) is 2. The molecule has 3 aromatic rings. The lowest BCUT2D eigenvalue weighted by Gasteiger charge is -2.39. The van der Waals surface area contributed by atoms with E-state index in [2.05, 4.69) is 20.7 Å². The molecular weight excluding hydrogens is 510 g/mol. The summed E-state index contributed by atoms with van der Waals surface area (Å²) in [6.45, 7) is 12.9. The van der Waals surface area contributed by atoms with Crippen molar-refractivity contribution in [3.05, 3.63) is 36.2 Å². The van der Waals surface area contributed by atoms with Crippen molar-refractivity contribution in [1.29, 1.82) is 0 Å². The zero-order valence-corrected chi connectivity index (χ0v) is 24.3. The molecule has 11 heteroatoms. The van der Waals surface area contributed by atoms with Gasteiger partial charge in [0.2, 0.25) is 0 Å². The maximum atomic E-state index is 12.9. The lowest BCUT2D eigenvalue weighted by molar-refractivity contribution is 0.00680. The molecule has 2 fully saturated rings. The van der Waals surface area contributed by atoms with Crippen LogP contribution < -0.4 is 10.6 Å². The lowest BCUT2D eigenvalue weighted by atomic mass is 9.97. The second-order valence-corrected chi connectivity index (χ2v) is 12.7. The quantitative estimate of drug-likeness (QED) is 0.403. The molecule has 2 saturated heterocycles. The molecule has 0 aliphatic carbocycles. The van der Waals surface area contributed by atoms with Crippen LogP contribution in [0.3, 0.4) is 0 Å². The fourth-order valence-corrected chi connectivity index (χ4v) is 5.51. The van der Waals surface area contributed by atoms with Gasteiger partial charge in [0.25, 0.3) is 0 Å². The minimum Gasteiger partial charge on any atom is -0.444 e. The highest BCUT2D eigenvalue weighted by Gasteiger charge is 2.45. The van der Waals surface area contributed by atoms with Crippen LogP contribution in [-0.4, -0.2) is 66.2 Å². The molecule has 1 unspecified atom stereocenters. The smallest absolute Gasteiger partial charge is 0.435 e. The second-order valence-electron chi connectivity index (χ2n) is 12.7. The molecule has 1 amide bonds. The number of aryl methyl sites for hydroxylation is 1. The average molecular weight is 550 g/mol. The molecular formula is C29H39N7O4. The highest BCUT2D eigenvalue weighted by molar-refractivity contribution is 5.91. The van der Waals surface area contributed by atoms with Crippen molar-refractivity contribution in [1.82, 2.24) is 24.6 Å². The average Bonchev–Trinajstić information content (AvgIpc) is 3.33. The van der Waals surface area contributed by atoms with Crippen LogP contribution in [0.2, 0.25) is 0 Å². The minimum absolute atomic E-state index is 0.136. The van der Waals surface area contributed by atoms with Crippen molar-refractivity contribution in [3.63, 3.8) is 0 Å². The number of amides is 1. The van der Waals surface area contributed by atoms with Crippen LogP contribution in [0.5, 0.6) is 0 Å². The standard InChI is InChI=1S/C29H39N7O4/c1-17-13-24(34-36(17)27(38)40-29(5,6)7)32-23-16-22-21(9-8-12-30-22)25(33-23)31-18-14-19-10-11-20(15-18)35(19)26(37)39-28(2,3)4/h8-9,12-13,16,18-20H,10-11,14-15H2,1-7H3,(H2,31,32,33,34)/t18?,19-,20+. The van der Waals surface area contributed by atoms with E-state index in [0.717, 1.165) is 36.6 Å². The first-order chi connectivity index (χ1) is 18.8. The number of carbonyl (C=O) groups excluding carboxylic acids is 2. The van der Waals surface area contributed by atoms with Gasteiger partial charge < -0.3 is 25.0 Å². The van der Waals surface area contributed by atoms with Crippen LogP contribution in [-0.2, 0) is 9.47 Å². The van der Waals surface area contributed by atoms with E-state index in [1.165, 1.54) is 4.68 Å². The Kier molecular flexibility index (Phi) is 7.09. The minimum atomic E-state index is -0.627. The normalized spacial score (nSPS) is 20.9. The summed E-state index contributed by atoms with van der Waals surface area (Å²) in [5.74, 6) is 1.74. The fourth-order valence-electron chi connectivity index (χ4n) is 5.51. The molecule has 5 heterocycles. The van der Waals surface area contributed by atoms with Crippen molar-refractivity contribution < 1.29 is 19.1 Å². The highest BCUT2D eigenvalue weighted by atomic mass is 16.6. The number of fused-ring (bicyclic) bond motifs is 3. The van der Waals surface area contributed by atoms with Crippen LogP contribution in [0.15, 0.2) is 30.5 Å². The van der Waals surface area contributed by atoms with E-state index >= 15 is 0 Å². The van der Waals surface area contributed by atoms with Crippen LogP contribution in [0, 0.1) is 6.92 Å². The van der Waals surface area contributed by atoms with Gasteiger partial charge in [-0.05, 0) is 86.3 Å². The van der Waals surface area contributed by atoms with Gasteiger partial charge >= 0.3 is 12.2 Å². The van der Waals surface area contributed by atoms with E-state index in [0.29, 0.717) is 23.1 Å². The van der Waals surface area contributed by atoms with Crippen LogP contribution in [0.4, 0.5) is 27.0 Å². The lowest BCUT2D eigenvalue weighted by Crippen LogP contribution is -2.51. The fraction of sp³-hybridized carbons (Fsp3) is 0.552. The number of nitrogens with zero attached hydrogens (tertiary/aromatic N) is 5. The largest absolute Gasteiger partial charge is 0.444 e. The maximum absolute atomic E-state index is 12.9. The van der Waals surface area contributed by atoms with Gasteiger partial charge in [-0.25, -0.2) is 14.6 Å². The third-order valence-corrected chi connectivity index (χ3v) is 6.99. The van der Waals surface area contributed by atoms with E-state index in [4.69, 9.17) is 14.5 Å². The van der Waals surface area contributed by atoms with Crippen molar-refractivity contribution in [3.8, 4) is 0 Å². The summed E-state index contributed by atoms with van der Waals surface area (Å²) >= 11 is 0. The van der Waals surface area contributed by atoms with Gasteiger partial charge in [0, 0.05) is 47.5 Å². The third-order valence-electron chi connectivity index (χ3n) is 6.99. The number of rotatable bonds is 4. The zero-order valence-electron chi connectivity index (χ0n) is 24.3. The molecule has 3 atom stereocenters. The topological polar surface area (TPSA) is 124 Å². The Labute approximate surface area is 234 Å². The van der Waals surface area contributed by atoms with Crippen molar-refractivity contribution in [2.45, 2.75) is 103 Å². The Morgan fingerprint density at radius 2 is 1.60 bits per heavy atom. The van der Waals surface area contributed by atoms with E-state index in [9.17, 15) is 9.59 Å². The Hall–Kier alpha value is -3.89. The molecule has 2 aliphatic rings. The predicted molar refractivity (Wildman–Crippen MR) is 153 cm³/mol. The molecule has 2 bridgehead atoms. The number of pyridine rings is 2. The van der Waals surface area contributed by atoms with Gasteiger partial charge in [-0.15, -0.1) is 5.10 Å². The Morgan fingerprint density at radius 1 is 0.950 bits per heavy atom. The molecule has 3 aromatic heterocycles. The molecule has 0 spiro atoms. The summed E-state index contributed by atoms with van der Waals surface area (Å²) in [5, 5.41) is 12.2. The molecule has 0 radical (unpaired) electrons. The Balaban J connectivity index is 1.35. The van der Waals surface area contributed by atoms with Gasteiger partial charge in [0.1, 0.15) is 22.8 Å². The molecule has 5 rings (SSSR count). The van der Waals surface area contributed by atoms with Crippen LogP contribution in [0.25, 0.3) is 10.9 Å². The van der Waals surface area contributed by atoms with Gasteiger partial charge in [-0.2, -0.15) is 4.68 Å². The first-order valence-electron chi connectivity index (χ1n) is 13.9. The number of carbonyl (C=O) groups is 2. The monoisotopic (exact) mass is 549 g/mol. The van der Waals surface area contributed by atoms with E-state index in [1.54, 1.807) is 19.2 Å². The number of hydrogen-bond donors (Lipinski definition) is 2. The Morgan fingerprint density at radius 3 is 2.25 bits per heavy atom. The SMILES string of the molecule is Cc1cc(Nc2cc3ncccc3c(NC3C[C@H]4CC[C@@H](C3)N4C(=O)OC(C)(C)C)n2)nn1C(=O)OC(C)(C)C. The maximum Gasteiger partial charge on any atom is 0.435 e. The van der Waals surface area contributed by atoms with Crippen LogP contribution >= 0.6 is 0 Å². The van der Waals surface area contributed by atoms with E-state index < -0.39 is 17.3 Å². The summed E-state index contributed by atoms with van der Waals surface area (Å²) in [4.78, 5) is 36.8. The second kappa shape index (κ2) is 10.3. The van der Waals surface area contributed by atoms with E-state index in [1.807, 2.05) is 64.6 Å². The van der Waals surface area contributed by atoms with Crippen molar-refractivity contribution >= 4 is 40.5 Å². The van der Waals surface area contributed by atoms with Gasteiger partial charge in [-0.1, -0.05) is 0 Å². The number of anilines is 3. The number of piperidine rings is 1. The first-order valence-corrected chi connectivity index (χ1v) is 13.9. The van der Waals surface area contributed by atoms with E-state index in [-0.39, 0.29) is 24.2 Å². The molecule has 40 heavy (non-hydrogen) atoms. The van der Waals surface area contributed by atoms with Gasteiger partial charge in [0.15, 0.2) is 5.82 Å².